The maximum absolute atomic E-state index is 12.4. The molecule has 5 rings (SSSR count). The summed E-state index contributed by atoms with van der Waals surface area (Å²) in [5, 5.41) is 0. The molecule has 4 saturated carbocycles. The lowest BCUT2D eigenvalue weighted by atomic mass is 9.45. The highest BCUT2D eigenvalue weighted by atomic mass is 16.5. The number of esters is 1. The van der Waals surface area contributed by atoms with Crippen molar-refractivity contribution in [1.29, 1.82) is 0 Å². The van der Waals surface area contributed by atoms with Gasteiger partial charge in [-0.1, -0.05) is 37.3 Å². The second-order valence-electron chi connectivity index (χ2n) is 8.45. The summed E-state index contributed by atoms with van der Waals surface area (Å²) in [5.74, 6) is 3.76. The first-order chi connectivity index (χ1) is 11.1. The molecule has 0 aliphatic heterocycles. The molecule has 4 aliphatic rings. The van der Waals surface area contributed by atoms with Crippen LogP contribution in [0.2, 0.25) is 0 Å². The fraction of sp³-hybridized carbons (Fsp3) is 0.667. The Hall–Kier alpha value is -1.31. The third-order valence-electron chi connectivity index (χ3n) is 7.08. The van der Waals surface area contributed by atoms with E-state index in [-0.39, 0.29) is 11.4 Å². The molecule has 0 heterocycles. The molecule has 0 radical (unpaired) electrons. The Morgan fingerprint density at radius 2 is 1.83 bits per heavy atom. The van der Waals surface area contributed by atoms with Crippen LogP contribution >= 0.6 is 0 Å². The number of ether oxygens (including phenoxy) is 1. The second-order valence-corrected chi connectivity index (χ2v) is 8.45. The normalized spacial score (nSPS) is 39.2. The Morgan fingerprint density at radius 3 is 2.43 bits per heavy atom. The molecule has 4 fully saturated rings. The highest BCUT2D eigenvalue weighted by Gasteiger charge is 2.58. The van der Waals surface area contributed by atoms with Crippen LogP contribution in [0.25, 0.3) is 0 Å². The van der Waals surface area contributed by atoms with Crippen LogP contribution in [0, 0.1) is 29.1 Å². The van der Waals surface area contributed by atoms with Crippen LogP contribution in [0.5, 0.6) is 0 Å². The Morgan fingerprint density at radius 1 is 1.17 bits per heavy atom. The summed E-state index contributed by atoms with van der Waals surface area (Å²) in [4.78, 5) is 12.4. The monoisotopic (exact) mass is 312 g/mol. The Balaban J connectivity index is 1.51. The zero-order valence-corrected chi connectivity index (χ0v) is 14.3. The van der Waals surface area contributed by atoms with Crippen molar-refractivity contribution in [2.75, 3.05) is 7.11 Å². The van der Waals surface area contributed by atoms with Gasteiger partial charge in [-0.3, -0.25) is 4.79 Å². The van der Waals surface area contributed by atoms with Crippen molar-refractivity contribution in [3.05, 3.63) is 35.9 Å². The van der Waals surface area contributed by atoms with Crippen molar-refractivity contribution in [2.24, 2.45) is 29.1 Å². The lowest BCUT2D eigenvalue weighted by molar-refractivity contribution is -0.174. The number of benzene rings is 1. The smallest absolute Gasteiger partial charge is 0.311 e. The number of hydrogen-bond donors (Lipinski definition) is 0. The van der Waals surface area contributed by atoms with Crippen LogP contribution in [0.1, 0.15) is 56.9 Å². The van der Waals surface area contributed by atoms with Gasteiger partial charge in [0.2, 0.25) is 0 Å². The van der Waals surface area contributed by atoms with E-state index < -0.39 is 0 Å². The molecule has 1 aromatic rings. The fourth-order valence-electron chi connectivity index (χ4n) is 6.31. The molecule has 1 aromatic carbocycles. The summed E-state index contributed by atoms with van der Waals surface area (Å²) in [7, 11) is 1.57. The predicted octanol–water partition coefficient (Wildman–Crippen LogP) is 4.80. The third kappa shape index (κ3) is 2.51. The summed E-state index contributed by atoms with van der Waals surface area (Å²) in [6, 6.07) is 10.9. The first kappa shape index (κ1) is 15.2. The molecule has 2 unspecified atom stereocenters. The van der Waals surface area contributed by atoms with E-state index in [1.165, 1.54) is 24.8 Å². The van der Waals surface area contributed by atoms with Gasteiger partial charge < -0.3 is 4.74 Å². The van der Waals surface area contributed by atoms with Gasteiger partial charge in [0.25, 0.3) is 0 Å². The molecule has 0 N–H and O–H groups in total. The topological polar surface area (TPSA) is 26.3 Å². The maximum atomic E-state index is 12.4. The van der Waals surface area contributed by atoms with Crippen LogP contribution in [0.4, 0.5) is 0 Å². The minimum absolute atomic E-state index is 0.0754. The van der Waals surface area contributed by atoms with Crippen LogP contribution in [-0.2, 0) is 9.53 Å². The van der Waals surface area contributed by atoms with E-state index in [4.69, 9.17) is 4.74 Å². The van der Waals surface area contributed by atoms with Gasteiger partial charge in [-0.2, -0.15) is 0 Å². The minimum atomic E-state index is -0.127. The zero-order valence-electron chi connectivity index (χ0n) is 14.3. The molecular weight excluding hydrogens is 284 g/mol. The van der Waals surface area contributed by atoms with E-state index in [9.17, 15) is 4.79 Å². The molecule has 0 aromatic heterocycles. The molecule has 4 bridgehead atoms. The summed E-state index contributed by atoms with van der Waals surface area (Å²) < 4.78 is 5.18. The largest absolute Gasteiger partial charge is 0.469 e. The average Bonchev–Trinajstić information content (AvgIpc) is 2.57. The van der Waals surface area contributed by atoms with Gasteiger partial charge in [0.15, 0.2) is 0 Å². The third-order valence-corrected chi connectivity index (χ3v) is 7.08. The number of hydrogen-bond acceptors (Lipinski definition) is 2. The fourth-order valence-corrected chi connectivity index (χ4v) is 6.31. The van der Waals surface area contributed by atoms with E-state index in [1.54, 1.807) is 7.11 Å². The quantitative estimate of drug-likeness (QED) is 0.747. The summed E-state index contributed by atoms with van der Waals surface area (Å²) in [6.45, 7) is 2.37. The van der Waals surface area contributed by atoms with Crippen molar-refractivity contribution >= 4 is 5.97 Å². The zero-order chi connectivity index (χ0) is 16.0. The molecule has 2 nitrogen and oxygen atoms in total. The molecule has 0 amide bonds. The van der Waals surface area contributed by atoms with Crippen molar-refractivity contribution < 1.29 is 9.53 Å². The molecule has 23 heavy (non-hydrogen) atoms. The lowest BCUT2D eigenvalue weighted by Crippen LogP contribution is -2.54. The van der Waals surface area contributed by atoms with Gasteiger partial charge in [0.05, 0.1) is 12.5 Å². The standard InChI is InChI=1S/C21H28O2/c1-14(16-6-4-3-5-7-16)8-19-17-9-15-10-18(19)13-21(11-15,12-17)20(22)23-2/h3-7,14-15,17-19H,8-13H2,1-2H3/t14-,15?,17?,18?,19?,21?/m0/s1. The predicted molar refractivity (Wildman–Crippen MR) is 91.0 cm³/mol. The van der Waals surface area contributed by atoms with Gasteiger partial charge in [-0.15, -0.1) is 0 Å². The first-order valence-electron chi connectivity index (χ1n) is 9.24. The average molecular weight is 312 g/mol. The number of carbonyl (C=O) groups is 1. The number of rotatable bonds is 4. The van der Waals surface area contributed by atoms with Gasteiger partial charge in [-0.05, 0) is 73.7 Å². The lowest BCUT2D eigenvalue weighted by Gasteiger charge is -2.59. The van der Waals surface area contributed by atoms with E-state index in [0.29, 0.717) is 5.92 Å². The maximum Gasteiger partial charge on any atom is 0.311 e. The highest BCUT2D eigenvalue weighted by molar-refractivity contribution is 5.77. The first-order valence-corrected chi connectivity index (χ1v) is 9.24. The Bertz CT molecular complexity index is 563. The van der Waals surface area contributed by atoms with E-state index in [0.717, 1.165) is 42.9 Å². The summed E-state index contributed by atoms with van der Waals surface area (Å²) in [6.07, 6.45) is 7.23. The molecule has 3 atom stereocenters. The second kappa shape index (κ2) is 5.65. The van der Waals surface area contributed by atoms with E-state index >= 15 is 0 Å². The van der Waals surface area contributed by atoms with Crippen molar-refractivity contribution in [1.82, 2.24) is 0 Å². The molecule has 124 valence electrons. The van der Waals surface area contributed by atoms with Gasteiger partial charge in [0, 0.05) is 0 Å². The van der Waals surface area contributed by atoms with E-state index in [1.807, 2.05) is 0 Å². The Labute approximate surface area is 139 Å². The molecule has 2 heteroatoms. The number of carbonyl (C=O) groups excluding carboxylic acids is 1. The summed E-state index contributed by atoms with van der Waals surface area (Å²) >= 11 is 0. The van der Waals surface area contributed by atoms with Crippen LogP contribution < -0.4 is 0 Å². The van der Waals surface area contributed by atoms with Crippen molar-refractivity contribution in [3.63, 3.8) is 0 Å². The Kier molecular flexibility index (Phi) is 3.74. The summed E-state index contributed by atoms with van der Waals surface area (Å²) in [5.41, 5.74) is 1.33. The number of methoxy groups -OCH3 is 1. The van der Waals surface area contributed by atoms with E-state index in [2.05, 4.69) is 37.3 Å². The van der Waals surface area contributed by atoms with Gasteiger partial charge in [0.1, 0.15) is 0 Å². The van der Waals surface area contributed by atoms with Gasteiger partial charge >= 0.3 is 5.97 Å². The van der Waals surface area contributed by atoms with Gasteiger partial charge in [-0.25, -0.2) is 0 Å². The minimum Gasteiger partial charge on any atom is -0.469 e. The highest BCUT2D eigenvalue weighted by Crippen LogP contribution is 2.63. The SMILES string of the molecule is COC(=O)C12CC3CC(C1)C(C[C@H](C)c1ccccc1)C(C3)C2. The van der Waals surface area contributed by atoms with Crippen LogP contribution in [-0.4, -0.2) is 13.1 Å². The van der Waals surface area contributed by atoms with Crippen molar-refractivity contribution in [2.45, 2.75) is 51.4 Å². The molecule has 0 saturated heterocycles. The van der Waals surface area contributed by atoms with Crippen LogP contribution in [0.3, 0.4) is 0 Å². The van der Waals surface area contributed by atoms with Crippen LogP contribution in [0.15, 0.2) is 30.3 Å². The molecule has 4 aliphatic carbocycles. The molecule has 0 spiro atoms. The van der Waals surface area contributed by atoms with Crippen molar-refractivity contribution in [3.8, 4) is 0 Å². The molecular formula is C21H28O2.